The van der Waals surface area contributed by atoms with Crippen molar-refractivity contribution in [3.05, 3.63) is 30.2 Å². The van der Waals surface area contributed by atoms with E-state index in [9.17, 15) is 4.79 Å². The number of carbonyl (C=O) groups excluding carboxylic acids is 1. The number of rotatable bonds is 5. The minimum absolute atomic E-state index is 0.334. The Morgan fingerprint density at radius 2 is 2.28 bits per heavy atom. The number of quaternary nitrogens is 1. The Morgan fingerprint density at radius 1 is 1.44 bits per heavy atom. The summed E-state index contributed by atoms with van der Waals surface area (Å²) < 4.78 is 15.4. The molecule has 0 aliphatic carbocycles. The summed E-state index contributed by atoms with van der Waals surface area (Å²) in [7, 11) is 0. The van der Waals surface area contributed by atoms with Crippen LogP contribution in [-0.4, -0.2) is 45.4 Å². The summed E-state index contributed by atoms with van der Waals surface area (Å²) in [6.07, 6.45) is 4.55. The molecule has 0 aromatic carbocycles. The van der Waals surface area contributed by atoms with E-state index in [0.717, 1.165) is 32.8 Å². The highest BCUT2D eigenvalue weighted by atomic mass is 16.5. The van der Waals surface area contributed by atoms with E-state index in [1.54, 1.807) is 24.5 Å². The average Bonchev–Trinajstić information content (AvgIpc) is 2.91. The van der Waals surface area contributed by atoms with Crippen LogP contribution in [0.1, 0.15) is 5.76 Å². The molecule has 0 saturated carbocycles. The van der Waals surface area contributed by atoms with E-state index in [-0.39, 0.29) is 5.97 Å². The minimum Gasteiger partial charge on any atom is -0.465 e. The maximum atomic E-state index is 11.4. The van der Waals surface area contributed by atoms with Crippen LogP contribution < -0.4 is 4.90 Å². The molecule has 0 radical (unpaired) electrons. The molecule has 1 fully saturated rings. The van der Waals surface area contributed by atoms with Gasteiger partial charge in [0.2, 0.25) is 0 Å². The second kappa shape index (κ2) is 6.98. The summed E-state index contributed by atoms with van der Waals surface area (Å²) in [5, 5.41) is 0. The fourth-order valence-electron chi connectivity index (χ4n) is 1.79. The number of carbonyl (C=O) groups is 1. The minimum atomic E-state index is -0.334. The summed E-state index contributed by atoms with van der Waals surface area (Å²) in [5.74, 6) is 0.310. The number of nitrogens with one attached hydrogen (secondary N) is 1. The zero-order valence-corrected chi connectivity index (χ0v) is 10.3. The molecule has 2 heterocycles. The van der Waals surface area contributed by atoms with Gasteiger partial charge in [0.05, 0.1) is 19.5 Å². The highest BCUT2D eigenvalue weighted by Gasteiger charge is 2.13. The molecule has 0 atom stereocenters. The van der Waals surface area contributed by atoms with Crippen LogP contribution in [0.25, 0.3) is 6.08 Å². The van der Waals surface area contributed by atoms with Gasteiger partial charge in [0, 0.05) is 6.08 Å². The SMILES string of the molecule is O=C(/C=C/c1ccco1)OCC[NH+]1CCOCC1. The van der Waals surface area contributed by atoms with Crippen LogP contribution in [-0.2, 0) is 14.3 Å². The van der Waals surface area contributed by atoms with E-state index in [4.69, 9.17) is 13.9 Å². The molecule has 0 amide bonds. The molecule has 1 aromatic rings. The van der Waals surface area contributed by atoms with E-state index in [1.807, 2.05) is 0 Å². The van der Waals surface area contributed by atoms with E-state index < -0.39 is 0 Å². The topological polar surface area (TPSA) is 53.1 Å². The first kappa shape index (κ1) is 12.9. The smallest absolute Gasteiger partial charge is 0.331 e. The Kier molecular flexibility index (Phi) is 4.99. The van der Waals surface area contributed by atoms with Gasteiger partial charge in [-0.15, -0.1) is 0 Å². The van der Waals surface area contributed by atoms with Gasteiger partial charge in [0.25, 0.3) is 0 Å². The zero-order valence-electron chi connectivity index (χ0n) is 10.3. The van der Waals surface area contributed by atoms with Gasteiger partial charge in [0.15, 0.2) is 0 Å². The van der Waals surface area contributed by atoms with Crippen molar-refractivity contribution in [2.45, 2.75) is 0 Å². The van der Waals surface area contributed by atoms with Crippen molar-refractivity contribution < 1.29 is 23.6 Å². The normalized spacial score (nSPS) is 17.1. The Balaban J connectivity index is 1.62. The van der Waals surface area contributed by atoms with Crippen molar-refractivity contribution in [2.75, 3.05) is 39.5 Å². The summed E-state index contributed by atoms with van der Waals surface area (Å²) >= 11 is 0. The summed E-state index contributed by atoms with van der Waals surface area (Å²) in [6, 6.07) is 3.55. The second-order valence-electron chi connectivity index (χ2n) is 4.13. The van der Waals surface area contributed by atoms with Crippen molar-refractivity contribution in [1.82, 2.24) is 0 Å². The number of ether oxygens (including phenoxy) is 2. The predicted molar refractivity (Wildman–Crippen MR) is 65.1 cm³/mol. The zero-order chi connectivity index (χ0) is 12.6. The molecular formula is C13H18NO4+. The van der Waals surface area contributed by atoms with Crippen molar-refractivity contribution in [3.63, 3.8) is 0 Å². The molecule has 5 heteroatoms. The van der Waals surface area contributed by atoms with Crippen molar-refractivity contribution >= 4 is 12.0 Å². The molecule has 0 spiro atoms. The number of morpholine rings is 1. The van der Waals surface area contributed by atoms with Crippen LogP contribution in [0.5, 0.6) is 0 Å². The van der Waals surface area contributed by atoms with E-state index in [2.05, 4.69) is 0 Å². The average molecular weight is 252 g/mol. The molecule has 98 valence electrons. The maximum absolute atomic E-state index is 11.4. The van der Waals surface area contributed by atoms with Gasteiger partial charge < -0.3 is 18.8 Å². The number of hydrogen-bond acceptors (Lipinski definition) is 4. The van der Waals surface area contributed by atoms with Crippen LogP contribution in [0.4, 0.5) is 0 Å². The molecule has 0 unspecified atom stereocenters. The quantitative estimate of drug-likeness (QED) is 0.580. The highest BCUT2D eigenvalue weighted by molar-refractivity contribution is 5.86. The first-order valence-electron chi connectivity index (χ1n) is 6.14. The largest absolute Gasteiger partial charge is 0.465 e. The van der Waals surface area contributed by atoms with Crippen molar-refractivity contribution in [1.29, 1.82) is 0 Å². The van der Waals surface area contributed by atoms with E-state index in [0.29, 0.717) is 12.4 Å². The van der Waals surface area contributed by atoms with Gasteiger partial charge in [-0.2, -0.15) is 0 Å². The molecule has 1 saturated heterocycles. The molecule has 1 N–H and O–H groups in total. The molecule has 1 aromatic heterocycles. The third kappa shape index (κ3) is 4.35. The summed E-state index contributed by atoms with van der Waals surface area (Å²) in [4.78, 5) is 12.8. The predicted octanol–water partition coefficient (Wildman–Crippen LogP) is -0.249. The first-order chi connectivity index (χ1) is 8.84. The lowest BCUT2D eigenvalue weighted by Crippen LogP contribution is -3.14. The molecular weight excluding hydrogens is 234 g/mol. The van der Waals surface area contributed by atoms with E-state index in [1.165, 1.54) is 11.0 Å². The highest BCUT2D eigenvalue weighted by Crippen LogP contribution is 2.02. The first-order valence-corrected chi connectivity index (χ1v) is 6.14. The summed E-state index contributed by atoms with van der Waals surface area (Å²) in [5.41, 5.74) is 0. The third-order valence-electron chi connectivity index (χ3n) is 2.83. The van der Waals surface area contributed by atoms with Crippen molar-refractivity contribution in [3.8, 4) is 0 Å². The standard InChI is InChI=1S/C13H17NO4/c15-13(4-3-12-2-1-8-17-12)18-11-7-14-5-9-16-10-6-14/h1-4,8H,5-7,9-11H2/p+1/b4-3+. The Morgan fingerprint density at radius 3 is 3.00 bits per heavy atom. The fourth-order valence-corrected chi connectivity index (χ4v) is 1.79. The third-order valence-corrected chi connectivity index (χ3v) is 2.83. The van der Waals surface area contributed by atoms with Gasteiger partial charge in [-0.25, -0.2) is 4.79 Å². The van der Waals surface area contributed by atoms with Crippen LogP contribution in [0.3, 0.4) is 0 Å². The lowest BCUT2D eigenvalue weighted by atomic mass is 10.4. The molecule has 1 aliphatic heterocycles. The monoisotopic (exact) mass is 252 g/mol. The molecule has 0 bridgehead atoms. The second-order valence-corrected chi connectivity index (χ2v) is 4.13. The van der Waals surface area contributed by atoms with Crippen molar-refractivity contribution in [2.24, 2.45) is 0 Å². The lowest BCUT2D eigenvalue weighted by molar-refractivity contribution is -0.908. The van der Waals surface area contributed by atoms with Gasteiger partial charge in [-0.05, 0) is 18.2 Å². The molecule has 1 aliphatic rings. The molecule has 5 nitrogen and oxygen atoms in total. The number of furan rings is 1. The van der Waals surface area contributed by atoms with Gasteiger partial charge in [-0.3, -0.25) is 0 Å². The lowest BCUT2D eigenvalue weighted by Gasteiger charge is -2.23. The number of esters is 1. The van der Waals surface area contributed by atoms with Crippen LogP contribution in [0, 0.1) is 0 Å². The Labute approximate surface area is 106 Å². The molecule has 18 heavy (non-hydrogen) atoms. The van der Waals surface area contributed by atoms with Gasteiger partial charge in [0.1, 0.15) is 32.0 Å². The maximum Gasteiger partial charge on any atom is 0.331 e. The summed E-state index contributed by atoms with van der Waals surface area (Å²) in [6.45, 7) is 4.84. The van der Waals surface area contributed by atoms with Gasteiger partial charge in [-0.1, -0.05) is 0 Å². The number of hydrogen-bond donors (Lipinski definition) is 1. The van der Waals surface area contributed by atoms with Crippen LogP contribution in [0.2, 0.25) is 0 Å². The Bertz CT molecular complexity index is 380. The van der Waals surface area contributed by atoms with Gasteiger partial charge >= 0.3 is 5.97 Å². The fraction of sp³-hybridized carbons (Fsp3) is 0.462. The molecule has 2 rings (SSSR count). The van der Waals surface area contributed by atoms with E-state index >= 15 is 0 Å². The Hall–Kier alpha value is -1.59. The van der Waals surface area contributed by atoms with Crippen LogP contribution in [0.15, 0.2) is 28.9 Å². The van der Waals surface area contributed by atoms with Crippen LogP contribution >= 0.6 is 0 Å².